The fourth-order valence-electron chi connectivity index (χ4n) is 3.59. The molecule has 0 fully saturated rings. The number of benzene rings is 2. The summed E-state index contributed by atoms with van der Waals surface area (Å²) in [5.74, 6) is 1.66. The number of sulfonamides is 1. The van der Waals surface area contributed by atoms with Gasteiger partial charge >= 0.3 is 0 Å². The minimum absolute atomic E-state index is 0.144. The average molecular weight is 565 g/mol. The van der Waals surface area contributed by atoms with Gasteiger partial charge in [0.05, 0.1) is 18.5 Å². The summed E-state index contributed by atoms with van der Waals surface area (Å²) in [5.41, 5.74) is 1.26. The summed E-state index contributed by atoms with van der Waals surface area (Å²) in [4.78, 5) is 18.5. The van der Waals surface area contributed by atoms with Crippen LogP contribution in [0.1, 0.15) is 18.7 Å². The zero-order valence-electron chi connectivity index (χ0n) is 19.3. The molecule has 10 nitrogen and oxygen atoms in total. The fraction of sp³-hybridized carbons (Fsp3) is 0.348. The molecule has 1 amide bonds. The predicted octanol–water partition coefficient (Wildman–Crippen LogP) is 3.48. The summed E-state index contributed by atoms with van der Waals surface area (Å²) < 4.78 is 43.4. The van der Waals surface area contributed by atoms with Crippen LogP contribution >= 0.6 is 15.9 Å². The second-order valence-corrected chi connectivity index (χ2v) is 10.9. The number of carbonyl (C=O) groups is 1. The van der Waals surface area contributed by atoms with Crippen LogP contribution in [-0.2, 0) is 21.4 Å². The van der Waals surface area contributed by atoms with Crippen molar-refractivity contribution in [1.82, 2.24) is 15.0 Å². The number of rotatable bonds is 9. The number of hydrogen-bond donors (Lipinski definition) is 0. The monoisotopic (exact) mass is 564 g/mol. The largest absolute Gasteiger partial charge is 0.486 e. The molecule has 3 aromatic rings. The standard InChI is InChI=1S/C23H25BrN4O6S/c1-27(15-21-25-23(26-34-21)16-5-3-6-17(24)13-16)22(29)7-4-10-28(35(2,30)31)18-8-9-19-20(14-18)33-12-11-32-19/h3,5-6,8-9,13-14H,4,7,10-12,15H2,1-2H3. The Hall–Kier alpha value is -3.12. The lowest BCUT2D eigenvalue weighted by Gasteiger charge is -2.25. The molecule has 0 aliphatic carbocycles. The van der Waals surface area contributed by atoms with Crippen LogP contribution in [0.5, 0.6) is 11.5 Å². The fourth-order valence-corrected chi connectivity index (χ4v) is 4.95. The maximum Gasteiger partial charge on any atom is 0.246 e. The highest BCUT2D eigenvalue weighted by molar-refractivity contribution is 9.10. The van der Waals surface area contributed by atoms with Gasteiger partial charge in [-0.3, -0.25) is 9.10 Å². The van der Waals surface area contributed by atoms with E-state index in [0.717, 1.165) is 16.3 Å². The molecule has 1 aliphatic heterocycles. The first kappa shape index (κ1) is 25.0. The number of ether oxygens (including phenoxy) is 2. The van der Waals surface area contributed by atoms with Crippen LogP contribution in [0.4, 0.5) is 5.69 Å². The molecule has 2 aromatic carbocycles. The third-order valence-electron chi connectivity index (χ3n) is 5.32. The molecule has 0 unspecified atom stereocenters. The molecule has 0 atom stereocenters. The van der Waals surface area contributed by atoms with Crippen molar-refractivity contribution in [3.05, 3.63) is 52.8 Å². The van der Waals surface area contributed by atoms with Gasteiger partial charge in [-0.1, -0.05) is 33.2 Å². The Morgan fingerprint density at radius 1 is 1.11 bits per heavy atom. The topological polar surface area (TPSA) is 115 Å². The lowest BCUT2D eigenvalue weighted by atomic mass is 10.2. The van der Waals surface area contributed by atoms with E-state index in [-0.39, 0.29) is 25.4 Å². The zero-order valence-corrected chi connectivity index (χ0v) is 21.7. The van der Waals surface area contributed by atoms with E-state index in [1.54, 1.807) is 25.2 Å². The van der Waals surface area contributed by atoms with E-state index < -0.39 is 10.0 Å². The highest BCUT2D eigenvalue weighted by Crippen LogP contribution is 2.34. The Bertz CT molecular complexity index is 1310. The van der Waals surface area contributed by atoms with Crippen molar-refractivity contribution in [3.63, 3.8) is 0 Å². The molecule has 12 heteroatoms. The normalized spacial score (nSPS) is 12.9. The Morgan fingerprint density at radius 2 is 1.89 bits per heavy atom. The van der Waals surface area contributed by atoms with Crippen molar-refractivity contribution >= 4 is 37.5 Å². The second kappa shape index (κ2) is 10.6. The number of fused-ring (bicyclic) bond motifs is 1. The number of carbonyl (C=O) groups excluding carboxylic acids is 1. The van der Waals surface area contributed by atoms with E-state index >= 15 is 0 Å². The van der Waals surface area contributed by atoms with Crippen LogP contribution in [-0.4, -0.2) is 62.4 Å². The Morgan fingerprint density at radius 3 is 2.63 bits per heavy atom. The summed E-state index contributed by atoms with van der Waals surface area (Å²) in [6, 6.07) is 12.5. The number of anilines is 1. The second-order valence-electron chi connectivity index (χ2n) is 8.04. The smallest absolute Gasteiger partial charge is 0.246 e. The molecular formula is C23H25BrN4O6S. The van der Waals surface area contributed by atoms with Gasteiger partial charge in [-0.05, 0) is 30.7 Å². The van der Waals surface area contributed by atoms with Crippen molar-refractivity contribution in [2.45, 2.75) is 19.4 Å². The highest BCUT2D eigenvalue weighted by atomic mass is 79.9. The average Bonchev–Trinajstić information content (AvgIpc) is 3.29. The summed E-state index contributed by atoms with van der Waals surface area (Å²) in [6.07, 6.45) is 1.62. The van der Waals surface area contributed by atoms with E-state index in [0.29, 0.717) is 48.5 Å². The minimum Gasteiger partial charge on any atom is -0.486 e. The lowest BCUT2D eigenvalue weighted by molar-refractivity contribution is -0.130. The van der Waals surface area contributed by atoms with Gasteiger partial charge in [0.2, 0.25) is 27.6 Å². The molecule has 0 spiro atoms. The van der Waals surface area contributed by atoms with Gasteiger partial charge in [-0.25, -0.2) is 8.42 Å². The first-order chi connectivity index (χ1) is 16.7. The van der Waals surface area contributed by atoms with Crippen molar-refractivity contribution in [1.29, 1.82) is 0 Å². The highest BCUT2D eigenvalue weighted by Gasteiger charge is 2.22. The van der Waals surface area contributed by atoms with Crippen LogP contribution in [0, 0.1) is 0 Å². The summed E-state index contributed by atoms with van der Waals surface area (Å²) in [6.45, 7) is 1.15. The third kappa shape index (κ3) is 6.31. The molecule has 0 bridgehead atoms. The van der Waals surface area contributed by atoms with Gasteiger partial charge in [0.15, 0.2) is 11.5 Å². The van der Waals surface area contributed by atoms with Crippen LogP contribution in [0.15, 0.2) is 51.5 Å². The lowest BCUT2D eigenvalue weighted by Crippen LogP contribution is -2.32. The Labute approximate surface area is 212 Å². The van der Waals surface area contributed by atoms with E-state index in [1.165, 1.54) is 9.21 Å². The number of amides is 1. The summed E-state index contributed by atoms with van der Waals surface area (Å²) in [7, 11) is -1.92. The number of halogens is 1. The summed E-state index contributed by atoms with van der Waals surface area (Å²) >= 11 is 3.41. The van der Waals surface area contributed by atoms with E-state index in [9.17, 15) is 13.2 Å². The van der Waals surface area contributed by atoms with E-state index in [2.05, 4.69) is 26.1 Å². The first-order valence-electron chi connectivity index (χ1n) is 10.9. The quantitative estimate of drug-likeness (QED) is 0.388. The molecule has 2 heterocycles. The third-order valence-corrected chi connectivity index (χ3v) is 7.00. The van der Waals surface area contributed by atoms with Crippen molar-refractivity contribution in [2.75, 3.05) is 37.4 Å². The maximum atomic E-state index is 12.7. The summed E-state index contributed by atoms with van der Waals surface area (Å²) in [5, 5.41) is 3.98. The van der Waals surface area contributed by atoms with Crippen LogP contribution < -0.4 is 13.8 Å². The predicted molar refractivity (Wildman–Crippen MR) is 133 cm³/mol. The molecule has 4 rings (SSSR count). The molecule has 1 aliphatic rings. The molecule has 35 heavy (non-hydrogen) atoms. The zero-order chi connectivity index (χ0) is 25.0. The molecule has 0 radical (unpaired) electrons. The molecule has 0 saturated heterocycles. The number of hydrogen-bond acceptors (Lipinski definition) is 8. The van der Waals surface area contributed by atoms with Crippen molar-refractivity contribution < 1.29 is 27.2 Å². The Balaban J connectivity index is 1.34. The number of aromatic nitrogens is 2. The molecule has 186 valence electrons. The molecular weight excluding hydrogens is 540 g/mol. The number of nitrogens with zero attached hydrogens (tertiary/aromatic N) is 4. The van der Waals surface area contributed by atoms with Gasteiger partial charge in [-0.2, -0.15) is 4.98 Å². The van der Waals surface area contributed by atoms with Crippen LogP contribution in [0.2, 0.25) is 0 Å². The van der Waals surface area contributed by atoms with E-state index in [1.807, 2.05) is 24.3 Å². The van der Waals surface area contributed by atoms with Crippen LogP contribution in [0.25, 0.3) is 11.4 Å². The SMILES string of the molecule is CN(Cc1nc(-c2cccc(Br)c2)no1)C(=O)CCCN(c1ccc2c(c1)OCCO2)S(C)(=O)=O. The molecule has 0 N–H and O–H groups in total. The van der Waals surface area contributed by atoms with Gasteiger partial charge in [-0.15, -0.1) is 0 Å². The van der Waals surface area contributed by atoms with Gasteiger partial charge in [0, 0.05) is 36.1 Å². The van der Waals surface area contributed by atoms with Crippen LogP contribution in [0.3, 0.4) is 0 Å². The van der Waals surface area contributed by atoms with Crippen molar-refractivity contribution in [2.24, 2.45) is 0 Å². The maximum absolute atomic E-state index is 12.7. The molecule has 1 aromatic heterocycles. The first-order valence-corrected chi connectivity index (χ1v) is 13.5. The minimum atomic E-state index is -3.56. The van der Waals surface area contributed by atoms with Gasteiger partial charge in [0.1, 0.15) is 13.2 Å². The van der Waals surface area contributed by atoms with Crippen molar-refractivity contribution in [3.8, 4) is 22.9 Å². The van der Waals surface area contributed by atoms with E-state index in [4.69, 9.17) is 14.0 Å². The molecule has 0 saturated carbocycles. The Kier molecular flexibility index (Phi) is 7.60. The van der Waals surface area contributed by atoms with Gasteiger partial charge < -0.3 is 18.9 Å². The van der Waals surface area contributed by atoms with Gasteiger partial charge in [0.25, 0.3) is 0 Å².